The van der Waals surface area contributed by atoms with Crippen molar-refractivity contribution in [2.75, 3.05) is 6.54 Å². The minimum absolute atomic E-state index is 0.0878. The topological polar surface area (TPSA) is 66.4 Å². The van der Waals surface area contributed by atoms with Crippen molar-refractivity contribution in [3.8, 4) is 0 Å². The van der Waals surface area contributed by atoms with Crippen LogP contribution in [0.4, 0.5) is 0 Å². The van der Waals surface area contributed by atoms with Crippen LogP contribution in [0.2, 0.25) is 0 Å². The fourth-order valence-electron chi connectivity index (χ4n) is 1.67. The van der Waals surface area contributed by atoms with E-state index < -0.39 is 10.0 Å². The van der Waals surface area contributed by atoms with Gasteiger partial charge in [0.05, 0.1) is 11.5 Å². The van der Waals surface area contributed by atoms with E-state index in [2.05, 4.69) is 25.5 Å². The molecule has 5 heteroatoms. The zero-order chi connectivity index (χ0) is 14.7. The molecular formula is C14H23NO3S. The van der Waals surface area contributed by atoms with Crippen LogP contribution in [0.15, 0.2) is 23.1 Å². The lowest BCUT2D eigenvalue weighted by Gasteiger charge is -2.18. The van der Waals surface area contributed by atoms with Crippen LogP contribution in [-0.2, 0) is 16.6 Å². The molecule has 0 amide bonds. The third-order valence-corrected chi connectivity index (χ3v) is 4.49. The molecule has 0 fully saturated rings. The average molecular weight is 285 g/mol. The summed E-state index contributed by atoms with van der Waals surface area (Å²) in [5.74, 6) is 0. The van der Waals surface area contributed by atoms with Gasteiger partial charge in [-0.05, 0) is 36.0 Å². The fraction of sp³-hybridized carbons (Fsp3) is 0.571. The summed E-state index contributed by atoms with van der Waals surface area (Å²) in [4.78, 5) is 0.243. The highest BCUT2D eigenvalue weighted by Gasteiger charge is 2.18. The third kappa shape index (κ3) is 4.93. The molecule has 0 bridgehead atoms. The number of aryl methyl sites for hydroxylation is 1. The highest BCUT2D eigenvalue weighted by atomic mass is 32.2. The predicted octanol–water partition coefficient (Wildman–Crippen LogP) is 2.20. The molecule has 0 saturated carbocycles. The van der Waals surface area contributed by atoms with Gasteiger partial charge in [0.1, 0.15) is 0 Å². The molecule has 4 nitrogen and oxygen atoms in total. The molecular weight excluding hydrogens is 262 g/mol. The van der Waals surface area contributed by atoms with Crippen LogP contribution in [-0.4, -0.2) is 20.1 Å². The summed E-state index contributed by atoms with van der Waals surface area (Å²) < 4.78 is 27.0. The van der Waals surface area contributed by atoms with Crippen LogP contribution < -0.4 is 4.72 Å². The molecule has 0 unspecified atom stereocenters. The molecule has 108 valence electrons. The molecule has 0 radical (unpaired) electrons. The van der Waals surface area contributed by atoms with E-state index in [0.29, 0.717) is 17.7 Å². The van der Waals surface area contributed by atoms with Gasteiger partial charge in [-0.15, -0.1) is 0 Å². The Labute approximate surface area is 115 Å². The van der Waals surface area contributed by atoms with Crippen LogP contribution in [0.1, 0.15) is 38.3 Å². The molecule has 1 aromatic carbocycles. The minimum atomic E-state index is -3.51. The molecule has 0 saturated heterocycles. The Balaban J connectivity index is 2.88. The van der Waals surface area contributed by atoms with Gasteiger partial charge in [0.15, 0.2) is 0 Å². The van der Waals surface area contributed by atoms with Gasteiger partial charge >= 0.3 is 0 Å². The first-order valence-electron chi connectivity index (χ1n) is 6.36. The summed E-state index contributed by atoms with van der Waals surface area (Å²) >= 11 is 0. The molecule has 1 aromatic rings. The van der Waals surface area contributed by atoms with Crippen LogP contribution in [0, 0.1) is 12.3 Å². The van der Waals surface area contributed by atoms with Crippen molar-refractivity contribution in [1.29, 1.82) is 0 Å². The second-order valence-corrected chi connectivity index (χ2v) is 7.70. The van der Waals surface area contributed by atoms with Crippen molar-refractivity contribution in [3.05, 3.63) is 29.3 Å². The van der Waals surface area contributed by atoms with E-state index in [0.717, 1.165) is 6.42 Å². The van der Waals surface area contributed by atoms with Crippen molar-refractivity contribution in [2.24, 2.45) is 5.41 Å². The lowest BCUT2D eigenvalue weighted by molar-refractivity contribution is 0.281. The molecule has 0 heterocycles. The van der Waals surface area contributed by atoms with E-state index in [9.17, 15) is 8.42 Å². The van der Waals surface area contributed by atoms with Gasteiger partial charge in [-0.3, -0.25) is 0 Å². The fourth-order valence-corrected chi connectivity index (χ4v) is 3.00. The highest BCUT2D eigenvalue weighted by Crippen LogP contribution is 2.20. The van der Waals surface area contributed by atoms with Gasteiger partial charge in [-0.2, -0.15) is 0 Å². The summed E-state index contributed by atoms with van der Waals surface area (Å²) in [6.45, 7) is 8.20. The molecule has 0 aromatic heterocycles. The molecule has 0 aliphatic rings. The number of rotatable bonds is 5. The van der Waals surface area contributed by atoms with E-state index in [4.69, 9.17) is 5.11 Å². The zero-order valence-corrected chi connectivity index (χ0v) is 12.8. The molecule has 0 atom stereocenters. The second-order valence-electron chi connectivity index (χ2n) is 5.97. The molecule has 19 heavy (non-hydrogen) atoms. The number of hydrogen-bond acceptors (Lipinski definition) is 3. The van der Waals surface area contributed by atoms with Crippen LogP contribution in [0.5, 0.6) is 0 Å². The van der Waals surface area contributed by atoms with Crippen molar-refractivity contribution in [2.45, 2.75) is 45.6 Å². The Morgan fingerprint density at radius 3 is 2.42 bits per heavy atom. The van der Waals surface area contributed by atoms with Gasteiger partial charge < -0.3 is 5.11 Å². The number of hydrogen-bond donors (Lipinski definition) is 2. The van der Waals surface area contributed by atoms with Crippen molar-refractivity contribution in [3.63, 3.8) is 0 Å². The maximum Gasteiger partial charge on any atom is 0.240 e. The number of aliphatic hydroxyl groups excluding tert-OH is 1. The normalized spacial score (nSPS) is 12.7. The summed E-state index contributed by atoms with van der Waals surface area (Å²) in [5.41, 5.74) is 1.37. The summed E-state index contributed by atoms with van der Waals surface area (Å²) in [7, 11) is -3.51. The van der Waals surface area contributed by atoms with Crippen molar-refractivity contribution < 1.29 is 13.5 Å². The highest BCUT2D eigenvalue weighted by molar-refractivity contribution is 7.89. The zero-order valence-electron chi connectivity index (χ0n) is 12.0. The largest absolute Gasteiger partial charge is 0.392 e. The van der Waals surface area contributed by atoms with E-state index in [1.165, 1.54) is 6.07 Å². The third-order valence-electron chi connectivity index (χ3n) is 2.89. The number of nitrogens with one attached hydrogen (secondary N) is 1. The van der Waals surface area contributed by atoms with E-state index >= 15 is 0 Å². The standard InChI is InChI=1S/C14H23NO3S/c1-11-5-6-12(10-16)9-13(11)19(17,18)15-8-7-14(2,3)4/h5-6,9,15-16H,7-8,10H2,1-4H3. The van der Waals surface area contributed by atoms with Gasteiger partial charge in [-0.25, -0.2) is 13.1 Å². The smallest absolute Gasteiger partial charge is 0.240 e. The maximum atomic E-state index is 12.2. The number of benzene rings is 1. The van der Waals surface area contributed by atoms with E-state index in [-0.39, 0.29) is 16.9 Å². The minimum Gasteiger partial charge on any atom is -0.392 e. The Bertz CT molecular complexity index is 530. The second kappa shape index (κ2) is 6.03. The van der Waals surface area contributed by atoms with Crippen LogP contribution >= 0.6 is 0 Å². The predicted molar refractivity (Wildman–Crippen MR) is 76.4 cm³/mol. The SMILES string of the molecule is Cc1ccc(CO)cc1S(=O)(=O)NCCC(C)(C)C. The molecule has 0 aliphatic heterocycles. The Hall–Kier alpha value is -0.910. The van der Waals surface area contributed by atoms with Crippen molar-refractivity contribution >= 4 is 10.0 Å². The molecule has 0 aliphatic carbocycles. The summed E-state index contributed by atoms with van der Waals surface area (Å²) in [6, 6.07) is 4.96. The molecule has 2 N–H and O–H groups in total. The Morgan fingerprint density at radius 2 is 1.89 bits per heavy atom. The van der Waals surface area contributed by atoms with Gasteiger partial charge in [-0.1, -0.05) is 32.9 Å². The molecule has 0 spiro atoms. The van der Waals surface area contributed by atoms with Crippen LogP contribution in [0.25, 0.3) is 0 Å². The van der Waals surface area contributed by atoms with Crippen molar-refractivity contribution in [1.82, 2.24) is 4.72 Å². The van der Waals surface area contributed by atoms with Gasteiger partial charge in [0.2, 0.25) is 10.0 Å². The first-order valence-corrected chi connectivity index (χ1v) is 7.84. The Kier molecular flexibility index (Phi) is 5.12. The first kappa shape index (κ1) is 16.1. The van der Waals surface area contributed by atoms with Gasteiger partial charge in [0.25, 0.3) is 0 Å². The quantitative estimate of drug-likeness (QED) is 0.871. The number of sulfonamides is 1. The van der Waals surface area contributed by atoms with Gasteiger partial charge in [0, 0.05) is 6.54 Å². The maximum absolute atomic E-state index is 12.2. The monoisotopic (exact) mass is 285 g/mol. The Morgan fingerprint density at radius 1 is 1.26 bits per heavy atom. The lowest BCUT2D eigenvalue weighted by Crippen LogP contribution is -2.28. The average Bonchev–Trinajstić information content (AvgIpc) is 2.27. The lowest BCUT2D eigenvalue weighted by atomic mass is 9.93. The van der Waals surface area contributed by atoms with E-state index in [1.807, 2.05) is 0 Å². The molecule has 1 rings (SSSR count). The summed E-state index contributed by atoms with van der Waals surface area (Å²) in [5, 5.41) is 9.09. The summed E-state index contributed by atoms with van der Waals surface area (Å²) in [6.07, 6.45) is 0.769. The van der Waals surface area contributed by atoms with E-state index in [1.54, 1.807) is 19.1 Å². The van der Waals surface area contributed by atoms with Crippen LogP contribution in [0.3, 0.4) is 0 Å². The number of aliphatic hydroxyl groups is 1. The first-order chi connectivity index (χ1) is 8.65.